The zero-order valence-electron chi connectivity index (χ0n) is 26.5. The van der Waals surface area contributed by atoms with E-state index in [9.17, 15) is 14.4 Å². The SMILES string of the molecule is CN1CCn2c(c(C3CCCCC3)c3ccc(C(=O)NC4(C(=O)Nc5ccc(/C=C/C(=O)O)cc5)CCC4)cc32)-c2ccc(Cl)cc21. The number of carbonyl (C=O) groups is 3. The Morgan fingerprint density at radius 2 is 1.70 bits per heavy atom. The van der Waals surface area contributed by atoms with E-state index in [2.05, 4.69) is 45.3 Å². The normalized spacial score (nSPS) is 17.4. The van der Waals surface area contributed by atoms with Gasteiger partial charge in [-0.05, 0) is 97.7 Å². The summed E-state index contributed by atoms with van der Waals surface area (Å²) < 4.78 is 2.40. The second kappa shape index (κ2) is 12.6. The molecule has 0 bridgehead atoms. The van der Waals surface area contributed by atoms with Gasteiger partial charge >= 0.3 is 5.97 Å². The number of hydrogen-bond acceptors (Lipinski definition) is 4. The van der Waals surface area contributed by atoms with Gasteiger partial charge in [0.1, 0.15) is 5.54 Å². The molecule has 3 aromatic carbocycles. The number of halogens is 1. The summed E-state index contributed by atoms with van der Waals surface area (Å²) in [6, 6.07) is 19.1. The van der Waals surface area contributed by atoms with Crippen LogP contribution in [0, 0.1) is 0 Å². The molecule has 2 heterocycles. The van der Waals surface area contributed by atoms with E-state index < -0.39 is 11.5 Å². The monoisotopic (exact) mass is 650 g/mol. The summed E-state index contributed by atoms with van der Waals surface area (Å²) >= 11 is 6.48. The standard InChI is InChI=1S/C38H39ClN4O4/c1-42-20-21-43-32-22-26(11-15-29(32)34(25-6-3-2-4-7-25)35(43)30-16-12-27(39)23-31(30)42)36(46)41-38(18-5-19-38)37(47)40-28-13-8-24(9-14-28)10-17-33(44)45/h8-17,22-23,25H,2-7,18-21H2,1H3,(H,40,47)(H,41,46)(H,44,45)/b17-10+. The molecule has 47 heavy (non-hydrogen) atoms. The van der Waals surface area contributed by atoms with Gasteiger partial charge in [-0.3, -0.25) is 9.59 Å². The van der Waals surface area contributed by atoms with Gasteiger partial charge in [0.2, 0.25) is 5.91 Å². The molecule has 2 aliphatic carbocycles. The number of benzene rings is 3. The Balaban J connectivity index is 1.20. The molecule has 3 aliphatic rings. The number of hydrogen-bond donors (Lipinski definition) is 3. The van der Waals surface area contributed by atoms with Gasteiger partial charge in [0.05, 0.1) is 5.69 Å². The summed E-state index contributed by atoms with van der Waals surface area (Å²) in [6.45, 7) is 1.59. The van der Waals surface area contributed by atoms with Crippen LogP contribution in [0.25, 0.3) is 28.2 Å². The minimum Gasteiger partial charge on any atom is -0.478 e. The number of amides is 2. The van der Waals surface area contributed by atoms with Crippen molar-refractivity contribution in [3.63, 3.8) is 0 Å². The van der Waals surface area contributed by atoms with Gasteiger partial charge in [-0.2, -0.15) is 0 Å². The number of nitrogens with zero attached hydrogens (tertiary/aromatic N) is 2. The second-order valence-corrected chi connectivity index (χ2v) is 13.6. The van der Waals surface area contributed by atoms with Crippen LogP contribution in [0.5, 0.6) is 0 Å². The Morgan fingerprint density at radius 1 is 0.936 bits per heavy atom. The number of aromatic nitrogens is 1. The van der Waals surface area contributed by atoms with Crippen LogP contribution in [0.3, 0.4) is 0 Å². The molecule has 8 nitrogen and oxygen atoms in total. The third-order valence-electron chi connectivity index (χ3n) is 10.2. The van der Waals surface area contributed by atoms with Gasteiger partial charge < -0.3 is 25.2 Å². The van der Waals surface area contributed by atoms with Crippen molar-refractivity contribution in [2.24, 2.45) is 0 Å². The van der Waals surface area contributed by atoms with Crippen molar-refractivity contribution in [2.45, 2.75) is 69.4 Å². The first kappa shape index (κ1) is 31.1. The van der Waals surface area contributed by atoms with E-state index in [0.717, 1.165) is 54.7 Å². The van der Waals surface area contributed by atoms with Crippen molar-refractivity contribution in [1.82, 2.24) is 9.88 Å². The lowest BCUT2D eigenvalue weighted by atomic mass is 9.75. The molecule has 3 N–H and O–H groups in total. The van der Waals surface area contributed by atoms with Crippen molar-refractivity contribution in [3.05, 3.63) is 88.5 Å². The first-order valence-corrected chi connectivity index (χ1v) is 16.9. The summed E-state index contributed by atoms with van der Waals surface area (Å²) in [5.74, 6) is -1.08. The molecule has 0 atom stereocenters. The molecule has 0 spiro atoms. The highest BCUT2D eigenvalue weighted by atomic mass is 35.5. The zero-order chi connectivity index (χ0) is 32.7. The minimum absolute atomic E-state index is 0.249. The molecule has 7 rings (SSSR count). The first-order valence-electron chi connectivity index (χ1n) is 16.5. The molecule has 2 amide bonds. The largest absolute Gasteiger partial charge is 0.478 e. The molecule has 1 aromatic heterocycles. The number of likely N-dealkylation sites (N-methyl/N-ethyl adjacent to an activating group) is 1. The fraction of sp³-hybridized carbons (Fsp3) is 0.342. The Kier molecular flexibility index (Phi) is 8.30. The van der Waals surface area contributed by atoms with Crippen molar-refractivity contribution in [2.75, 3.05) is 23.8 Å². The van der Waals surface area contributed by atoms with Crippen LogP contribution in [-0.2, 0) is 16.1 Å². The first-order chi connectivity index (χ1) is 22.7. The highest BCUT2D eigenvalue weighted by Gasteiger charge is 2.45. The third-order valence-corrected chi connectivity index (χ3v) is 10.5. The topological polar surface area (TPSA) is 104 Å². The van der Waals surface area contributed by atoms with Gasteiger partial charge in [0, 0.05) is 64.6 Å². The predicted molar refractivity (Wildman–Crippen MR) is 187 cm³/mol. The molecular weight excluding hydrogens is 612 g/mol. The van der Waals surface area contributed by atoms with Crippen LogP contribution in [0.1, 0.15) is 78.8 Å². The summed E-state index contributed by atoms with van der Waals surface area (Å²) in [5.41, 5.74) is 6.81. The average molecular weight is 651 g/mol. The Bertz CT molecular complexity index is 1900. The van der Waals surface area contributed by atoms with Crippen molar-refractivity contribution < 1.29 is 19.5 Å². The van der Waals surface area contributed by atoms with E-state index in [4.69, 9.17) is 16.7 Å². The van der Waals surface area contributed by atoms with E-state index in [1.165, 1.54) is 47.5 Å². The summed E-state index contributed by atoms with van der Waals surface area (Å²) in [6.07, 6.45) is 10.6. The molecule has 242 valence electrons. The van der Waals surface area contributed by atoms with Crippen molar-refractivity contribution in [1.29, 1.82) is 0 Å². The Hall–Kier alpha value is -4.56. The summed E-state index contributed by atoms with van der Waals surface area (Å²) in [7, 11) is 2.11. The van der Waals surface area contributed by atoms with Crippen LogP contribution >= 0.6 is 11.6 Å². The van der Waals surface area contributed by atoms with Crippen LogP contribution in [-0.4, -0.2) is 46.6 Å². The summed E-state index contributed by atoms with van der Waals surface area (Å²) in [5, 5.41) is 16.8. The minimum atomic E-state index is -1.02. The van der Waals surface area contributed by atoms with E-state index in [1.54, 1.807) is 24.3 Å². The molecule has 2 fully saturated rings. The summed E-state index contributed by atoms with van der Waals surface area (Å²) in [4.78, 5) is 40.5. The number of carboxylic acids is 1. The van der Waals surface area contributed by atoms with Gasteiger partial charge in [-0.1, -0.05) is 49.1 Å². The number of aliphatic carboxylic acids is 1. The van der Waals surface area contributed by atoms with Crippen LogP contribution < -0.4 is 15.5 Å². The Labute approximate surface area is 279 Å². The van der Waals surface area contributed by atoms with Crippen LogP contribution in [0.2, 0.25) is 5.02 Å². The van der Waals surface area contributed by atoms with E-state index in [-0.39, 0.29) is 11.8 Å². The third kappa shape index (κ3) is 5.91. The highest BCUT2D eigenvalue weighted by molar-refractivity contribution is 6.31. The number of rotatable bonds is 7. The molecule has 0 saturated heterocycles. The molecule has 9 heteroatoms. The molecule has 0 radical (unpaired) electrons. The number of fused-ring (bicyclic) bond motifs is 5. The maximum atomic E-state index is 13.9. The fourth-order valence-electron chi connectivity index (χ4n) is 7.56. The smallest absolute Gasteiger partial charge is 0.328 e. The lowest BCUT2D eigenvalue weighted by Gasteiger charge is -2.40. The van der Waals surface area contributed by atoms with Gasteiger partial charge in [-0.25, -0.2) is 4.79 Å². The van der Waals surface area contributed by atoms with Crippen molar-refractivity contribution >= 4 is 57.7 Å². The molecule has 1 aliphatic heterocycles. The quantitative estimate of drug-likeness (QED) is 0.177. The maximum Gasteiger partial charge on any atom is 0.328 e. The van der Waals surface area contributed by atoms with E-state index >= 15 is 0 Å². The predicted octanol–water partition coefficient (Wildman–Crippen LogP) is 7.85. The van der Waals surface area contributed by atoms with E-state index in [1.807, 2.05) is 18.2 Å². The molecule has 4 aromatic rings. The van der Waals surface area contributed by atoms with Crippen LogP contribution in [0.4, 0.5) is 11.4 Å². The number of carboxylic acid groups (broad SMARTS) is 1. The van der Waals surface area contributed by atoms with Crippen molar-refractivity contribution in [3.8, 4) is 11.3 Å². The molecular formula is C38H39ClN4O4. The highest BCUT2D eigenvalue weighted by Crippen LogP contribution is 2.47. The lowest BCUT2D eigenvalue weighted by Crippen LogP contribution is -2.61. The fourth-order valence-corrected chi connectivity index (χ4v) is 7.73. The number of carbonyl (C=O) groups excluding carboxylic acids is 2. The van der Waals surface area contributed by atoms with E-state index in [0.29, 0.717) is 35.6 Å². The van der Waals surface area contributed by atoms with Gasteiger partial charge in [0.25, 0.3) is 5.91 Å². The average Bonchev–Trinajstić information content (AvgIpc) is 3.30. The lowest BCUT2D eigenvalue weighted by molar-refractivity contribution is -0.131. The van der Waals surface area contributed by atoms with Gasteiger partial charge in [-0.15, -0.1) is 0 Å². The maximum absolute atomic E-state index is 13.9. The number of nitrogens with one attached hydrogen (secondary N) is 2. The van der Waals surface area contributed by atoms with Gasteiger partial charge in [0.15, 0.2) is 0 Å². The number of anilines is 2. The molecule has 0 unspecified atom stereocenters. The zero-order valence-corrected chi connectivity index (χ0v) is 27.3. The Morgan fingerprint density at radius 3 is 2.40 bits per heavy atom. The van der Waals surface area contributed by atoms with Crippen LogP contribution in [0.15, 0.2) is 66.7 Å². The molecule has 2 saturated carbocycles. The second-order valence-electron chi connectivity index (χ2n) is 13.2.